The number of hydrogen-bond acceptors (Lipinski definition) is 4. The summed E-state index contributed by atoms with van der Waals surface area (Å²) in [5.41, 5.74) is 20.3. The smallest absolute Gasteiger partial charge is 0.251 e. The van der Waals surface area contributed by atoms with E-state index in [0.29, 0.717) is 17.1 Å². The van der Waals surface area contributed by atoms with Gasteiger partial charge in [0, 0.05) is 16.8 Å². The van der Waals surface area contributed by atoms with E-state index in [0.717, 1.165) is 29.7 Å². The SMILES string of the molecule is NCC1(c2ccccc2)CCc2c(sc(N)c2C(N)=O)C1. The van der Waals surface area contributed by atoms with Gasteiger partial charge in [-0.25, -0.2) is 0 Å². The van der Waals surface area contributed by atoms with E-state index in [1.807, 2.05) is 18.2 Å². The maximum Gasteiger partial charge on any atom is 0.251 e. The number of nitrogens with two attached hydrogens (primary N) is 3. The van der Waals surface area contributed by atoms with E-state index in [-0.39, 0.29) is 5.41 Å². The summed E-state index contributed by atoms with van der Waals surface area (Å²) in [6.07, 6.45) is 2.54. The summed E-state index contributed by atoms with van der Waals surface area (Å²) in [6.45, 7) is 0.583. The second kappa shape index (κ2) is 5.16. The van der Waals surface area contributed by atoms with Crippen LogP contribution < -0.4 is 17.2 Å². The molecule has 1 heterocycles. The summed E-state index contributed by atoms with van der Waals surface area (Å²) in [6, 6.07) is 10.4. The maximum absolute atomic E-state index is 11.6. The summed E-state index contributed by atoms with van der Waals surface area (Å²) in [7, 11) is 0. The molecule has 1 unspecified atom stereocenters. The first-order valence-electron chi connectivity index (χ1n) is 7.03. The molecule has 3 rings (SSSR count). The van der Waals surface area contributed by atoms with Crippen LogP contribution in [0.2, 0.25) is 0 Å². The fourth-order valence-electron chi connectivity index (χ4n) is 3.30. The minimum Gasteiger partial charge on any atom is -0.390 e. The van der Waals surface area contributed by atoms with Crippen LogP contribution in [0.25, 0.3) is 0 Å². The number of primary amides is 1. The lowest BCUT2D eigenvalue weighted by Crippen LogP contribution is -2.40. The molecule has 4 nitrogen and oxygen atoms in total. The zero-order valence-corrected chi connectivity index (χ0v) is 12.6. The molecule has 6 N–H and O–H groups in total. The highest BCUT2D eigenvalue weighted by atomic mass is 32.1. The Balaban J connectivity index is 2.04. The number of anilines is 1. The Morgan fingerprint density at radius 1 is 1.29 bits per heavy atom. The zero-order valence-electron chi connectivity index (χ0n) is 11.8. The molecule has 2 aromatic rings. The van der Waals surface area contributed by atoms with Gasteiger partial charge < -0.3 is 17.2 Å². The van der Waals surface area contributed by atoms with Gasteiger partial charge in [-0.1, -0.05) is 30.3 Å². The lowest BCUT2D eigenvalue weighted by Gasteiger charge is -2.36. The lowest BCUT2D eigenvalue weighted by molar-refractivity contribution is 0.1000. The molecule has 0 spiro atoms. The first-order valence-corrected chi connectivity index (χ1v) is 7.84. The van der Waals surface area contributed by atoms with Gasteiger partial charge in [0.05, 0.1) is 10.6 Å². The molecule has 1 aliphatic rings. The highest BCUT2D eigenvalue weighted by Gasteiger charge is 2.37. The molecule has 1 amide bonds. The van der Waals surface area contributed by atoms with Gasteiger partial charge in [0.2, 0.25) is 0 Å². The van der Waals surface area contributed by atoms with Crippen molar-refractivity contribution in [3.8, 4) is 0 Å². The Morgan fingerprint density at radius 3 is 2.62 bits per heavy atom. The predicted molar refractivity (Wildman–Crippen MR) is 86.4 cm³/mol. The van der Waals surface area contributed by atoms with Crippen molar-refractivity contribution >= 4 is 22.2 Å². The summed E-state index contributed by atoms with van der Waals surface area (Å²) in [5, 5.41) is 0.536. The topological polar surface area (TPSA) is 95.1 Å². The third-order valence-electron chi connectivity index (χ3n) is 4.49. The Bertz CT molecular complexity index is 680. The highest BCUT2D eigenvalue weighted by molar-refractivity contribution is 7.16. The average molecular weight is 301 g/mol. The van der Waals surface area contributed by atoms with E-state index in [1.54, 1.807) is 0 Å². The molecule has 1 aromatic carbocycles. The molecule has 21 heavy (non-hydrogen) atoms. The molecule has 0 radical (unpaired) electrons. The Kier molecular flexibility index (Phi) is 3.47. The summed E-state index contributed by atoms with van der Waals surface area (Å²) in [5.74, 6) is -0.426. The molecular formula is C16H19N3OS. The number of hydrogen-bond donors (Lipinski definition) is 3. The Hall–Kier alpha value is -1.85. The van der Waals surface area contributed by atoms with Crippen LogP contribution in [0.5, 0.6) is 0 Å². The third-order valence-corrected chi connectivity index (χ3v) is 5.55. The number of fused-ring (bicyclic) bond motifs is 1. The van der Waals surface area contributed by atoms with Crippen LogP contribution in [0.3, 0.4) is 0 Å². The van der Waals surface area contributed by atoms with Gasteiger partial charge in [-0.15, -0.1) is 11.3 Å². The molecule has 110 valence electrons. The quantitative estimate of drug-likeness (QED) is 0.807. The minimum absolute atomic E-state index is 0.0690. The number of nitrogen functional groups attached to an aromatic ring is 1. The van der Waals surface area contributed by atoms with E-state index in [1.165, 1.54) is 16.9 Å². The third kappa shape index (κ3) is 2.22. The van der Waals surface area contributed by atoms with Crippen molar-refractivity contribution in [2.75, 3.05) is 12.3 Å². The molecule has 0 aliphatic heterocycles. The fourth-order valence-corrected chi connectivity index (χ4v) is 4.57. The number of carbonyl (C=O) groups is 1. The van der Waals surface area contributed by atoms with Gasteiger partial charge in [0.1, 0.15) is 0 Å². The monoisotopic (exact) mass is 301 g/mol. The summed E-state index contributed by atoms with van der Waals surface area (Å²) < 4.78 is 0. The van der Waals surface area contributed by atoms with Crippen molar-refractivity contribution in [2.45, 2.75) is 24.7 Å². The molecule has 0 saturated carbocycles. The average Bonchev–Trinajstić information content (AvgIpc) is 2.82. The Morgan fingerprint density at radius 2 is 2.00 bits per heavy atom. The largest absolute Gasteiger partial charge is 0.390 e. The molecule has 5 heteroatoms. The van der Waals surface area contributed by atoms with Crippen LogP contribution in [0.4, 0.5) is 5.00 Å². The van der Waals surface area contributed by atoms with Gasteiger partial charge in [-0.2, -0.15) is 0 Å². The van der Waals surface area contributed by atoms with Crippen LogP contribution >= 0.6 is 11.3 Å². The molecule has 1 atom stereocenters. The molecule has 0 fully saturated rings. The summed E-state index contributed by atoms with van der Waals surface area (Å²) >= 11 is 1.48. The van der Waals surface area contributed by atoms with Gasteiger partial charge in [0.15, 0.2) is 0 Å². The zero-order chi connectivity index (χ0) is 15.0. The van der Waals surface area contributed by atoms with Crippen molar-refractivity contribution in [2.24, 2.45) is 11.5 Å². The van der Waals surface area contributed by atoms with Crippen LogP contribution in [0, 0.1) is 0 Å². The van der Waals surface area contributed by atoms with Crippen molar-refractivity contribution in [1.82, 2.24) is 0 Å². The van der Waals surface area contributed by atoms with Crippen LogP contribution in [-0.4, -0.2) is 12.5 Å². The number of carbonyl (C=O) groups excluding carboxylic acids is 1. The van der Waals surface area contributed by atoms with E-state index in [4.69, 9.17) is 17.2 Å². The molecule has 1 aromatic heterocycles. The number of rotatable bonds is 3. The van der Waals surface area contributed by atoms with Crippen LogP contribution in [0.1, 0.15) is 32.8 Å². The normalized spacial score (nSPS) is 21.0. The van der Waals surface area contributed by atoms with Crippen molar-refractivity contribution < 1.29 is 4.79 Å². The maximum atomic E-state index is 11.6. The van der Waals surface area contributed by atoms with Crippen molar-refractivity contribution in [1.29, 1.82) is 0 Å². The molecule has 0 bridgehead atoms. The Labute approximate surface area is 127 Å². The summed E-state index contributed by atoms with van der Waals surface area (Å²) in [4.78, 5) is 12.7. The lowest BCUT2D eigenvalue weighted by atomic mass is 9.69. The molecule has 0 saturated heterocycles. The van der Waals surface area contributed by atoms with Crippen molar-refractivity contribution in [3.63, 3.8) is 0 Å². The predicted octanol–water partition coefficient (Wildman–Crippen LogP) is 1.81. The molecule has 1 aliphatic carbocycles. The van der Waals surface area contributed by atoms with Crippen LogP contribution in [-0.2, 0) is 18.3 Å². The van der Waals surface area contributed by atoms with Gasteiger partial charge in [-0.3, -0.25) is 4.79 Å². The standard InChI is InChI=1S/C16H19N3OS/c17-9-16(10-4-2-1-3-5-10)7-6-11-12(8-16)21-15(19)13(11)14(18)20/h1-5H,6-9,17,19H2,(H2,18,20). The first-order chi connectivity index (χ1) is 10.1. The molecular weight excluding hydrogens is 282 g/mol. The minimum atomic E-state index is -0.426. The van der Waals surface area contributed by atoms with Gasteiger partial charge in [0.25, 0.3) is 5.91 Å². The van der Waals surface area contributed by atoms with E-state index in [9.17, 15) is 4.79 Å². The van der Waals surface area contributed by atoms with Gasteiger partial charge in [-0.05, 0) is 30.4 Å². The van der Waals surface area contributed by atoms with Crippen LogP contribution in [0.15, 0.2) is 30.3 Å². The number of thiophene rings is 1. The first kappa shape index (κ1) is 14.1. The number of amides is 1. The van der Waals surface area contributed by atoms with E-state index in [2.05, 4.69) is 12.1 Å². The number of benzene rings is 1. The second-order valence-electron chi connectivity index (χ2n) is 5.63. The fraction of sp³-hybridized carbons (Fsp3) is 0.312. The van der Waals surface area contributed by atoms with E-state index >= 15 is 0 Å². The highest BCUT2D eigenvalue weighted by Crippen LogP contribution is 2.44. The van der Waals surface area contributed by atoms with Gasteiger partial charge >= 0.3 is 0 Å². The van der Waals surface area contributed by atoms with E-state index < -0.39 is 5.91 Å². The second-order valence-corrected chi connectivity index (χ2v) is 6.77. The van der Waals surface area contributed by atoms with Crippen molar-refractivity contribution in [3.05, 3.63) is 51.9 Å².